The Bertz CT molecular complexity index is 1410. The number of ether oxygens (including phenoxy) is 2. The maximum Gasteiger partial charge on any atom is 0.321 e. The Labute approximate surface area is 233 Å². The summed E-state index contributed by atoms with van der Waals surface area (Å²) in [5, 5.41) is 3.65. The molecule has 0 saturated carbocycles. The van der Waals surface area contributed by atoms with Gasteiger partial charge in [-0.2, -0.15) is 0 Å². The van der Waals surface area contributed by atoms with Crippen molar-refractivity contribution in [2.75, 3.05) is 45.0 Å². The van der Waals surface area contributed by atoms with E-state index in [4.69, 9.17) is 14.5 Å². The first-order valence-corrected chi connectivity index (χ1v) is 14.1. The van der Waals surface area contributed by atoms with Gasteiger partial charge in [0.25, 0.3) is 5.56 Å². The second kappa shape index (κ2) is 11.7. The topological polar surface area (TPSA) is 85.7 Å². The Hall–Kier alpha value is -3.56. The van der Waals surface area contributed by atoms with Gasteiger partial charge in [-0.05, 0) is 55.2 Å². The van der Waals surface area contributed by atoms with Crippen LogP contribution in [0.5, 0.6) is 5.75 Å². The van der Waals surface area contributed by atoms with Gasteiger partial charge in [-0.1, -0.05) is 36.0 Å². The monoisotopic (exact) mass is 546 g/mol. The van der Waals surface area contributed by atoms with Crippen molar-refractivity contribution in [2.45, 2.75) is 36.4 Å². The predicted molar refractivity (Wildman–Crippen MR) is 155 cm³/mol. The number of aromatic nitrogens is 2. The van der Waals surface area contributed by atoms with Gasteiger partial charge in [-0.25, -0.2) is 9.78 Å². The predicted octanol–water partition coefficient (Wildman–Crippen LogP) is 4.97. The summed E-state index contributed by atoms with van der Waals surface area (Å²) in [7, 11) is 3.33. The zero-order chi connectivity index (χ0) is 27.4. The minimum absolute atomic E-state index is 0.0246. The fourth-order valence-electron chi connectivity index (χ4n) is 5.64. The summed E-state index contributed by atoms with van der Waals surface area (Å²) < 4.78 is 12.5. The zero-order valence-electron chi connectivity index (χ0n) is 22.4. The first-order valence-electron chi connectivity index (χ1n) is 13.2. The molecule has 39 heavy (non-hydrogen) atoms. The largest absolute Gasteiger partial charge is 0.497 e. The Morgan fingerprint density at radius 3 is 2.64 bits per heavy atom. The van der Waals surface area contributed by atoms with Crippen LogP contribution in [0.15, 0.2) is 71.1 Å². The third-order valence-corrected chi connectivity index (χ3v) is 8.56. The molecule has 5 rings (SSSR count). The van der Waals surface area contributed by atoms with Crippen LogP contribution in [0, 0.1) is 0 Å². The summed E-state index contributed by atoms with van der Waals surface area (Å²) >= 11 is 1.51. The van der Waals surface area contributed by atoms with E-state index in [1.165, 1.54) is 11.8 Å². The molecule has 2 aliphatic rings. The molecule has 1 N–H and O–H groups in total. The van der Waals surface area contributed by atoms with Crippen LogP contribution in [-0.2, 0) is 23.1 Å². The van der Waals surface area contributed by atoms with Crippen LogP contribution < -0.4 is 15.6 Å². The molecule has 0 bridgehead atoms. The van der Waals surface area contributed by atoms with Gasteiger partial charge in [-0.3, -0.25) is 9.36 Å². The highest BCUT2D eigenvalue weighted by atomic mass is 32.2. The highest BCUT2D eigenvalue weighted by Gasteiger charge is 2.45. The molecule has 1 aliphatic carbocycles. The van der Waals surface area contributed by atoms with Gasteiger partial charge < -0.3 is 19.7 Å². The third kappa shape index (κ3) is 5.33. The van der Waals surface area contributed by atoms with Crippen molar-refractivity contribution in [1.29, 1.82) is 0 Å². The van der Waals surface area contributed by atoms with Crippen LogP contribution in [0.3, 0.4) is 0 Å². The number of nitrogens with zero attached hydrogens (tertiary/aromatic N) is 3. The van der Waals surface area contributed by atoms with Gasteiger partial charge in [-0.15, -0.1) is 6.58 Å². The number of anilines is 1. The Morgan fingerprint density at radius 1 is 1.18 bits per heavy atom. The molecule has 0 unspecified atom stereocenters. The number of hydrogen-bond acceptors (Lipinski definition) is 6. The molecule has 0 atom stereocenters. The highest BCUT2D eigenvalue weighted by molar-refractivity contribution is 7.99. The number of piperidine rings is 1. The lowest BCUT2D eigenvalue weighted by Gasteiger charge is -2.45. The molecule has 8 nitrogen and oxygen atoms in total. The minimum Gasteiger partial charge on any atom is -0.497 e. The summed E-state index contributed by atoms with van der Waals surface area (Å²) in [5.74, 6) is 1.46. The highest BCUT2D eigenvalue weighted by Crippen LogP contribution is 2.47. The molecular weight excluding hydrogens is 512 g/mol. The van der Waals surface area contributed by atoms with Crippen molar-refractivity contribution in [1.82, 2.24) is 14.5 Å². The number of carbonyl (C=O) groups excluding carboxylic acids is 1. The van der Waals surface area contributed by atoms with Gasteiger partial charge in [0.05, 0.1) is 25.0 Å². The molecule has 2 heterocycles. The van der Waals surface area contributed by atoms with Crippen molar-refractivity contribution < 1.29 is 14.3 Å². The average molecular weight is 547 g/mol. The number of rotatable bonds is 8. The molecule has 1 aromatic heterocycles. The number of fused-ring (bicyclic) bond motifs is 4. The molecule has 1 spiro atoms. The van der Waals surface area contributed by atoms with Crippen molar-refractivity contribution in [2.24, 2.45) is 0 Å². The van der Waals surface area contributed by atoms with Crippen molar-refractivity contribution in [3.05, 3.63) is 82.7 Å². The maximum atomic E-state index is 14.2. The summed E-state index contributed by atoms with van der Waals surface area (Å²) in [6.07, 6.45) is 3.77. The lowest BCUT2D eigenvalue weighted by Crippen LogP contribution is -2.51. The normalized spacial score (nSPS) is 15.4. The molecule has 1 saturated heterocycles. The van der Waals surface area contributed by atoms with Gasteiger partial charge in [0, 0.05) is 49.2 Å². The lowest BCUT2D eigenvalue weighted by molar-refractivity contribution is 0.165. The van der Waals surface area contributed by atoms with Crippen LogP contribution in [0.2, 0.25) is 0 Å². The van der Waals surface area contributed by atoms with Gasteiger partial charge in [0.15, 0.2) is 5.16 Å². The number of urea groups is 1. The molecule has 2 aromatic carbocycles. The third-order valence-electron chi connectivity index (χ3n) is 7.62. The van der Waals surface area contributed by atoms with Crippen LogP contribution in [0.4, 0.5) is 10.5 Å². The number of likely N-dealkylation sites (tertiary alicyclic amines) is 1. The summed E-state index contributed by atoms with van der Waals surface area (Å²) in [4.78, 5) is 34.2. The number of methoxy groups -OCH3 is 2. The Balaban J connectivity index is 1.54. The van der Waals surface area contributed by atoms with Gasteiger partial charge in [0.1, 0.15) is 5.75 Å². The Kier molecular flexibility index (Phi) is 8.09. The quantitative estimate of drug-likeness (QED) is 0.186. The number of benzene rings is 2. The number of allylic oxidation sites excluding steroid dienone is 1. The smallest absolute Gasteiger partial charge is 0.321 e. The number of nitrogens with one attached hydrogen (secondary N) is 1. The maximum absolute atomic E-state index is 14.2. The fraction of sp³-hybridized carbons (Fsp3) is 0.367. The first-order chi connectivity index (χ1) is 19.0. The fourth-order valence-corrected chi connectivity index (χ4v) is 6.54. The van der Waals surface area contributed by atoms with Crippen LogP contribution in [0.1, 0.15) is 24.0 Å². The van der Waals surface area contributed by atoms with Crippen molar-refractivity contribution in [3.63, 3.8) is 0 Å². The average Bonchev–Trinajstić information content (AvgIpc) is 2.95. The van der Waals surface area contributed by atoms with E-state index in [1.807, 2.05) is 47.4 Å². The second-order valence-electron chi connectivity index (χ2n) is 9.93. The number of hydrogen-bond donors (Lipinski definition) is 1. The van der Waals surface area contributed by atoms with E-state index in [0.717, 1.165) is 33.8 Å². The number of carbonyl (C=O) groups is 1. The van der Waals surface area contributed by atoms with E-state index in [1.54, 1.807) is 24.9 Å². The molecule has 1 fully saturated rings. The summed E-state index contributed by atoms with van der Waals surface area (Å²) in [6.45, 7) is 5.91. The number of para-hydroxylation sites is 1. The SMILES string of the molecule is C=CCn1c(SCCOC)nc2c(c1=O)C1(CCN(C(=O)Nc3ccccc3)CC1)Cc1cc(OC)ccc1-2. The van der Waals surface area contributed by atoms with Gasteiger partial charge in [0.2, 0.25) is 0 Å². The molecule has 1 aliphatic heterocycles. The second-order valence-corrected chi connectivity index (χ2v) is 11.0. The Morgan fingerprint density at radius 2 is 1.95 bits per heavy atom. The van der Waals surface area contributed by atoms with E-state index in [0.29, 0.717) is 56.4 Å². The van der Waals surface area contributed by atoms with Crippen molar-refractivity contribution >= 4 is 23.5 Å². The van der Waals surface area contributed by atoms with E-state index >= 15 is 0 Å². The molecule has 9 heteroatoms. The van der Waals surface area contributed by atoms with Crippen LogP contribution in [0.25, 0.3) is 11.3 Å². The summed E-state index contributed by atoms with van der Waals surface area (Å²) in [6, 6.07) is 15.3. The molecule has 2 amide bonds. The van der Waals surface area contributed by atoms with E-state index in [9.17, 15) is 9.59 Å². The van der Waals surface area contributed by atoms with Crippen LogP contribution >= 0.6 is 11.8 Å². The lowest BCUT2D eigenvalue weighted by atomic mass is 9.64. The summed E-state index contributed by atoms with van der Waals surface area (Å²) in [5.41, 5.74) is 3.89. The standard InChI is InChI=1S/C30H34N4O4S/c1-4-14-34-27(35)25-26(32-29(34)39-18-17-37-2)24-11-10-23(38-3)19-21(24)20-30(25)12-15-33(16-13-30)28(36)31-22-8-6-5-7-9-22/h4-11,19H,1,12-18,20H2,2-3H3,(H,31,36). The first kappa shape index (κ1) is 27.0. The van der Waals surface area contributed by atoms with Gasteiger partial charge >= 0.3 is 6.03 Å². The number of thioether (sulfide) groups is 1. The molecule has 0 radical (unpaired) electrons. The number of amides is 2. The zero-order valence-corrected chi connectivity index (χ0v) is 23.3. The van der Waals surface area contributed by atoms with E-state index in [-0.39, 0.29) is 11.6 Å². The molecular formula is C30H34N4O4S. The van der Waals surface area contributed by atoms with Crippen LogP contribution in [-0.4, -0.2) is 60.2 Å². The van der Waals surface area contributed by atoms with Crippen molar-refractivity contribution in [3.8, 4) is 17.0 Å². The van der Waals surface area contributed by atoms with E-state index in [2.05, 4.69) is 18.0 Å². The van der Waals surface area contributed by atoms with E-state index < -0.39 is 5.41 Å². The minimum atomic E-state index is -0.430. The molecule has 3 aromatic rings. The molecule has 204 valence electrons.